The van der Waals surface area contributed by atoms with Crippen LogP contribution in [0.15, 0.2) is 24.3 Å². The normalized spacial score (nSPS) is 15.8. The second-order valence-electron chi connectivity index (χ2n) is 4.86. The van der Waals surface area contributed by atoms with Crippen LogP contribution in [0.3, 0.4) is 0 Å². The first-order valence-electron chi connectivity index (χ1n) is 6.66. The van der Waals surface area contributed by atoms with Crippen LogP contribution in [-0.4, -0.2) is 30.6 Å². The Bertz CT molecular complexity index is 396. The number of benzene rings is 1. The molecule has 0 unspecified atom stereocenters. The van der Waals surface area contributed by atoms with E-state index in [4.69, 9.17) is 0 Å². The first-order chi connectivity index (χ1) is 9.00. The molecule has 106 valence electrons. The third-order valence-electron chi connectivity index (χ3n) is 3.41. The third kappa shape index (κ3) is 4.13. The fourth-order valence-corrected chi connectivity index (χ4v) is 2.16. The molecule has 2 rings (SSSR count). The Hall–Kier alpha value is -1.23. The van der Waals surface area contributed by atoms with E-state index in [0.717, 1.165) is 43.5 Å². The zero-order chi connectivity index (χ0) is 13.9. The molecule has 0 aliphatic heterocycles. The van der Waals surface area contributed by atoms with Gasteiger partial charge in [-0.25, -0.2) is 0 Å². The van der Waals surface area contributed by atoms with Gasteiger partial charge in [-0.15, -0.1) is 0 Å². The van der Waals surface area contributed by atoms with Crippen molar-refractivity contribution in [3.05, 3.63) is 29.8 Å². The minimum Gasteiger partial charge on any atom is -0.384 e. The maximum atomic E-state index is 12.4. The largest absolute Gasteiger partial charge is 0.416 e. The van der Waals surface area contributed by atoms with E-state index in [1.807, 2.05) is 0 Å². The molecule has 1 N–H and O–H groups in total. The first kappa shape index (κ1) is 14.2. The molecule has 0 atom stereocenters. The van der Waals surface area contributed by atoms with Crippen molar-refractivity contribution < 1.29 is 13.2 Å². The van der Waals surface area contributed by atoms with Gasteiger partial charge < -0.3 is 5.32 Å². The third-order valence-corrected chi connectivity index (χ3v) is 3.41. The van der Waals surface area contributed by atoms with E-state index in [1.165, 1.54) is 25.0 Å². The molecule has 19 heavy (non-hydrogen) atoms. The highest BCUT2D eigenvalue weighted by atomic mass is 19.4. The van der Waals surface area contributed by atoms with Crippen LogP contribution in [-0.2, 0) is 6.18 Å². The van der Waals surface area contributed by atoms with Crippen molar-refractivity contribution >= 4 is 5.69 Å². The molecule has 0 spiro atoms. The lowest BCUT2D eigenvalue weighted by Crippen LogP contribution is -2.30. The average molecular weight is 272 g/mol. The number of alkyl halides is 3. The Morgan fingerprint density at radius 1 is 1.21 bits per heavy atom. The van der Waals surface area contributed by atoms with Crippen molar-refractivity contribution in [2.75, 3.05) is 25.0 Å². The minimum atomic E-state index is -4.26. The molecular weight excluding hydrogens is 253 g/mol. The number of hydrogen-bond donors (Lipinski definition) is 1. The fourth-order valence-electron chi connectivity index (χ4n) is 2.16. The number of likely N-dealkylation sites (N-methyl/N-ethyl adjacent to an activating group) is 1. The molecule has 0 saturated heterocycles. The minimum absolute atomic E-state index is 0.605. The van der Waals surface area contributed by atoms with Crippen LogP contribution in [0.25, 0.3) is 0 Å². The Morgan fingerprint density at radius 3 is 2.32 bits per heavy atom. The van der Waals surface area contributed by atoms with Gasteiger partial charge in [-0.3, -0.25) is 4.90 Å². The quantitative estimate of drug-likeness (QED) is 0.851. The SMILES string of the molecule is CCN(CCNc1ccc(C(F)(F)F)cc1)C1CC1. The molecule has 1 fully saturated rings. The zero-order valence-corrected chi connectivity index (χ0v) is 11.0. The maximum Gasteiger partial charge on any atom is 0.416 e. The smallest absolute Gasteiger partial charge is 0.384 e. The van der Waals surface area contributed by atoms with Crippen LogP contribution in [0.4, 0.5) is 18.9 Å². The van der Waals surface area contributed by atoms with Crippen molar-refractivity contribution in [3.63, 3.8) is 0 Å². The number of nitrogens with one attached hydrogen (secondary N) is 1. The van der Waals surface area contributed by atoms with Crippen molar-refractivity contribution in [2.24, 2.45) is 0 Å². The number of rotatable bonds is 6. The summed E-state index contributed by atoms with van der Waals surface area (Å²) in [6, 6.07) is 5.91. The van der Waals surface area contributed by atoms with E-state index in [1.54, 1.807) is 0 Å². The molecule has 0 radical (unpaired) electrons. The van der Waals surface area contributed by atoms with Crippen LogP contribution in [0, 0.1) is 0 Å². The monoisotopic (exact) mass is 272 g/mol. The predicted octanol–water partition coefficient (Wildman–Crippen LogP) is 3.60. The van der Waals surface area contributed by atoms with Crippen LogP contribution >= 0.6 is 0 Å². The lowest BCUT2D eigenvalue weighted by atomic mass is 10.2. The van der Waals surface area contributed by atoms with Gasteiger partial charge >= 0.3 is 6.18 Å². The summed E-state index contributed by atoms with van der Waals surface area (Å²) in [4.78, 5) is 2.40. The predicted molar refractivity (Wildman–Crippen MR) is 70.2 cm³/mol. The molecule has 0 bridgehead atoms. The lowest BCUT2D eigenvalue weighted by Gasteiger charge is -2.20. The molecule has 1 aromatic rings. The van der Waals surface area contributed by atoms with Gasteiger partial charge in [0.15, 0.2) is 0 Å². The Morgan fingerprint density at radius 2 is 1.84 bits per heavy atom. The highest BCUT2D eigenvalue weighted by Crippen LogP contribution is 2.30. The fraction of sp³-hybridized carbons (Fsp3) is 0.571. The van der Waals surface area contributed by atoms with E-state index >= 15 is 0 Å². The molecule has 1 aliphatic rings. The summed E-state index contributed by atoms with van der Waals surface area (Å²) in [7, 11) is 0. The molecule has 5 heteroatoms. The van der Waals surface area contributed by atoms with Crippen molar-refractivity contribution in [2.45, 2.75) is 32.0 Å². The molecular formula is C14H19F3N2. The van der Waals surface area contributed by atoms with Crippen molar-refractivity contribution in [1.82, 2.24) is 4.90 Å². The second kappa shape index (κ2) is 5.82. The van der Waals surface area contributed by atoms with Gasteiger partial charge in [0.1, 0.15) is 0 Å². The van der Waals surface area contributed by atoms with Gasteiger partial charge in [0.25, 0.3) is 0 Å². The summed E-state index contributed by atoms with van der Waals surface area (Å²) in [5.41, 5.74) is 0.131. The summed E-state index contributed by atoms with van der Waals surface area (Å²) in [5.74, 6) is 0. The topological polar surface area (TPSA) is 15.3 Å². The molecule has 1 aliphatic carbocycles. The summed E-state index contributed by atoms with van der Waals surface area (Å²) < 4.78 is 37.2. The molecule has 1 aromatic carbocycles. The Balaban J connectivity index is 1.79. The molecule has 0 heterocycles. The summed E-state index contributed by atoms with van der Waals surface area (Å²) in [5, 5.41) is 3.16. The van der Waals surface area contributed by atoms with Crippen LogP contribution in [0.2, 0.25) is 0 Å². The number of hydrogen-bond acceptors (Lipinski definition) is 2. The van der Waals surface area contributed by atoms with Crippen LogP contribution < -0.4 is 5.32 Å². The average Bonchev–Trinajstić information content (AvgIpc) is 3.18. The van der Waals surface area contributed by atoms with Gasteiger partial charge in [0.05, 0.1) is 5.56 Å². The van der Waals surface area contributed by atoms with E-state index in [-0.39, 0.29) is 0 Å². The zero-order valence-electron chi connectivity index (χ0n) is 11.0. The van der Waals surface area contributed by atoms with E-state index in [2.05, 4.69) is 17.1 Å². The van der Waals surface area contributed by atoms with Gasteiger partial charge in [0, 0.05) is 24.8 Å². The summed E-state index contributed by atoms with van der Waals surface area (Å²) >= 11 is 0. The molecule has 2 nitrogen and oxygen atoms in total. The van der Waals surface area contributed by atoms with Gasteiger partial charge in [0.2, 0.25) is 0 Å². The van der Waals surface area contributed by atoms with Crippen LogP contribution in [0.5, 0.6) is 0 Å². The first-order valence-corrected chi connectivity index (χ1v) is 6.66. The highest BCUT2D eigenvalue weighted by molar-refractivity contribution is 5.45. The lowest BCUT2D eigenvalue weighted by molar-refractivity contribution is -0.137. The maximum absolute atomic E-state index is 12.4. The van der Waals surface area contributed by atoms with E-state index in [9.17, 15) is 13.2 Å². The van der Waals surface area contributed by atoms with Gasteiger partial charge in [-0.1, -0.05) is 6.92 Å². The highest BCUT2D eigenvalue weighted by Gasteiger charge is 2.30. The second-order valence-corrected chi connectivity index (χ2v) is 4.86. The molecule has 0 aromatic heterocycles. The Kier molecular flexibility index (Phi) is 4.34. The van der Waals surface area contributed by atoms with E-state index in [0.29, 0.717) is 0 Å². The van der Waals surface area contributed by atoms with Crippen molar-refractivity contribution in [3.8, 4) is 0 Å². The van der Waals surface area contributed by atoms with Gasteiger partial charge in [-0.2, -0.15) is 13.2 Å². The standard InChI is InChI=1S/C14H19F3N2/c1-2-19(13-7-8-13)10-9-18-12-5-3-11(4-6-12)14(15,16)17/h3-6,13,18H,2,7-10H2,1H3. The number of halogens is 3. The Labute approximate surface area is 111 Å². The number of anilines is 1. The molecule has 0 amide bonds. The van der Waals surface area contributed by atoms with Crippen LogP contribution in [0.1, 0.15) is 25.3 Å². The molecule has 1 saturated carbocycles. The van der Waals surface area contributed by atoms with Crippen molar-refractivity contribution in [1.29, 1.82) is 0 Å². The number of nitrogens with zero attached hydrogens (tertiary/aromatic N) is 1. The summed E-state index contributed by atoms with van der Waals surface area (Å²) in [6.45, 7) is 4.85. The van der Waals surface area contributed by atoms with E-state index < -0.39 is 11.7 Å². The van der Waals surface area contributed by atoms with Gasteiger partial charge in [-0.05, 0) is 43.7 Å². The summed E-state index contributed by atoms with van der Waals surface area (Å²) in [6.07, 6.45) is -1.72.